The third-order valence-corrected chi connectivity index (χ3v) is 3.08. The Morgan fingerprint density at radius 2 is 1.76 bits per heavy atom. The van der Waals surface area contributed by atoms with Crippen molar-refractivity contribution in [1.82, 2.24) is 0 Å². The predicted octanol–water partition coefficient (Wildman–Crippen LogP) is 2.70. The first kappa shape index (κ1) is 11.3. The summed E-state index contributed by atoms with van der Waals surface area (Å²) in [4.78, 5) is 22.6. The first-order chi connectivity index (χ1) is 8.16. The predicted molar refractivity (Wildman–Crippen MR) is 65.7 cm³/mol. The maximum atomic E-state index is 11.7. The van der Waals surface area contributed by atoms with Crippen molar-refractivity contribution in [2.24, 2.45) is 0 Å². The SMILES string of the molecule is O=C(Nc1ccc(C(=O)O)s1)c1ccccc1. The van der Waals surface area contributed by atoms with E-state index in [0.717, 1.165) is 11.3 Å². The molecule has 5 heteroatoms. The molecule has 1 heterocycles. The number of carbonyl (C=O) groups excluding carboxylic acids is 1. The number of amides is 1. The minimum atomic E-state index is -0.991. The van der Waals surface area contributed by atoms with Gasteiger partial charge in [0.2, 0.25) is 0 Å². The fraction of sp³-hybridized carbons (Fsp3) is 0. The van der Waals surface area contributed by atoms with Gasteiger partial charge >= 0.3 is 5.97 Å². The molecule has 2 N–H and O–H groups in total. The van der Waals surface area contributed by atoms with Crippen molar-refractivity contribution in [3.8, 4) is 0 Å². The molecule has 0 radical (unpaired) electrons. The number of nitrogens with one attached hydrogen (secondary N) is 1. The number of hydrogen-bond donors (Lipinski definition) is 2. The second-order valence-corrected chi connectivity index (χ2v) is 4.37. The second-order valence-electron chi connectivity index (χ2n) is 3.29. The highest BCUT2D eigenvalue weighted by Crippen LogP contribution is 2.22. The fourth-order valence-corrected chi connectivity index (χ4v) is 2.03. The molecule has 2 rings (SSSR count). The maximum Gasteiger partial charge on any atom is 0.345 e. The van der Waals surface area contributed by atoms with E-state index in [1.807, 2.05) is 6.07 Å². The van der Waals surface area contributed by atoms with Crippen LogP contribution >= 0.6 is 11.3 Å². The molecule has 2 aromatic rings. The summed E-state index contributed by atoms with van der Waals surface area (Å²) >= 11 is 1.03. The Morgan fingerprint density at radius 1 is 1.06 bits per heavy atom. The van der Waals surface area contributed by atoms with Crippen LogP contribution in [0.2, 0.25) is 0 Å². The molecule has 1 amide bonds. The lowest BCUT2D eigenvalue weighted by Crippen LogP contribution is -2.10. The Bertz CT molecular complexity index is 548. The molecular formula is C12H9NO3S. The molecule has 86 valence electrons. The van der Waals surface area contributed by atoms with Crippen LogP contribution in [0.4, 0.5) is 5.00 Å². The quantitative estimate of drug-likeness (QED) is 0.876. The van der Waals surface area contributed by atoms with Crippen molar-refractivity contribution in [1.29, 1.82) is 0 Å². The lowest BCUT2D eigenvalue weighted by atomic mass is 10.2. The van der Waals surface area contributed by atoms with E-state index >= 15 is 0 Å². The summed E-state index contributed by atoms with van der Waals surface area (Å²) in [5.41, 5.74) is 0.540. The summed E-state index contributed by atoms with van der Waals surface area (Å²) in [5, 5.41) is 11.9. The first-order valence-corrected chi connectivity index (χ1v) is 5.68. The summed E-state index contributed by atoms with van der Waals surface area (Å²) in [5.74, 6) is -1.24. The number of benzene rings is 1. The van der Waals surface area contributed by atoms with Crippen LogP contribution in [0.3, 0.4) is 0 Å². The highest BCUT2D eigenvalue weighted by Gasteiger charge is 2.10. The van der Waals surface area contributed by atoms with Gasteiger partial charge in [0.1, 0.15) is 4.88 Å². The van der Waals surface area contributed by atoms with Crippen LogP contribution in [-0.2, 0) is 0 Å². The van der Waals surface area contributed by atoms with Gasteiger partial charge in [-0.15, -0.1) is 11.3 Å². The van der Waals surface area contributed by atoms with Crippen LogP contribution in [0, 0.1) is 0 Å². The van der Waals surface area contributed by atoms with Gasteiger partial charge in [0, 0.05) is 5.56 Å². The normalized spacial score (nSPS) is 9.88. The van der Waals surface area contributed by atoms with Crippen LogP contribution in [0.15, 0.2) is 42.5 Å². The zero-order chi connectivity index (χ0) is 12.3. The van der Waals surface area contributed by atoms with E-state index in [2.05, 4.69) is 5.32 Å². The van der Waals surface area contributed by atoms with Crippen LogP contribution in [0.25, 0.3) is 0 Å². The van der Waals surface area contributed by atoms with Gasteiger partial charge in [0.05, 0.1) is 5.00 Å². The number of carboxylic acid groups (broad SMARTS) is 1. The molecule has 4 nitrogen and oxygen atoms in total. The molecule has 0 spiro atoms. The molecule has 1 aromatic carbocycles. The van der Waals surface area contributed by atoms with Crippen LogP contribution in [-0.4, -0.2) is 17.0 Å². The standard InChI is InChI=1S/C12H9NO3S/c14-11(8-4-2-1-3-5-8)13-10-7-6-9(17-10)12(15)16/h1-7H,(H,13,14)(H,15,16). The third-order valence-electron chi connectivity index (χ3n) is 2.09. The summed E-state index contributed by atoms with van der Waals surface area (Å²) in [6, 6.07) is 11.8. The monoisotopic (exact) mass is 247 g/mol. The molecule has 0 saturated heterocycles. The van der Waals surface area contributed by atoms with E-state index in [9.17, 15) is 9.59 Å². The summed E-state index contributed by atoms with van der Waals surface area (Å²) in [6.07, 6.45) is 0. The van der Waals surface area contributed by atoms with Gasteiger partial charge in [0.15, 0.2) is 0 Å². The van der Waals surface area contributed by atoms with Crippen molar-refractivity contribution >= 4 is 28.2 Å². The molecule has 0 atom stereocenters. The fourth-order valence-electron chi connectivity index (χ4n) is 1.29. The number of carboxylic acids is 1. The molecular weight excluding hydrogens is 238 g/mol. The largest absolute Gasteiger partial charge is 0.477 e. The molecule has 0 bridgehead atoms. The van der Waals surface area contributed by atoms with E-state index in [-0.39, 0.29) is 10.8 Å². The number of anilines is 1. The Hall–Kier alpha value is -2.14. The average molecular weight is 247 g/mol. The average Bonchev–Trinajstić information content (AvgIpc) is 2.79. The van der Waals surface area contributed by atoms with Crippen molar-refractivity contribution in [2.45, 2.75) is 0 Å². The lowest BCUT2D eigenvalue weighted by molar-refractivity contribution is 0.0702. The second kappa shape index (κ2) is 4.80. The highest BCUT2D eigenvalue weighted by atomic mass is 32.1. The smallest absolute Gasteiger partial charge is 0.345 e. The molecule has 0 unspecified atom stereocenters. The molecule has 1 aromatic heterocycles. The third kappa shape index (κ3) is 2.70. The first-order valence-electron chi connectivity index (χ1n) is 4.86. The number of aromatic carboxylic acids is 1. The number of rotatable bonds is 3. The zero-order valence-electron chi connectivity index (χ0n) is 8.71. The summed E-state index contributed by atoms with van der Waals surface area (Å²) < 4.78 is 0. The minimum Gasteiger partial charge on any atom is -0.477 e. The van der Waals surface area contributed by atoms with E-state index in [1.165, 1.54) is 6.07 Å². The van der Waals surface area contributed by atoms with Gasteiger partial charge in [-0.05, 0) is 24.3 Å². The van der Waals surface area contributed by atoms with Crippen molar-refractivity contribution in [3.63, 3.8) is 0 Å². The Labute approximate surface area is 102 Å². The Kier molecular flexibility index (Phi) is 3.20. The molecule has 0 saturated carbocycles. The van der Waals surface area contributed by atoms with E-state index in [4.69, 9.17) is 5.11 Å². The lowest BCUT2D eigenvalue weighted by Gasteiger charge is -2.01. The van der Waals surface area contributed by atoms with Gasteiger partial charge in [0.25, 0.3) is 5.91 Å². The van der Waals surface area contributed by atoms with E-state index < -0.39 is 5.97 Å². The summed E-state index contributed by atoms with van der Waals surface area (Å²) in [7, 11) is 0. The number of thiophene rings is 1. The molecule has 0 aliphatic carbocycles. The van der Waals surface area contributed by atoms with Crippen LogP contribution in [0.1, 0.15) is 20.0 Å². The van der Waals surface area contributed by atoms with Crippen LogP contribution in [0.5, 0.6) is 0 Å². The zero-order valence-corrected chi connectivity index (χ0v) is 9.53. The van der Waals surface area contributed by atoms with Crippen molar-refractivity contribution in [3.05, 3.63) is 52.9 Å². The molecule has 0 aliphatic rings. The topological polar surface area (TPSA) is 66.4 Å². The van der Waals surface area contributed by atoms with E-state index in [0.29, 0.717) is 10.6 Å². The highest BCUT2D eigenvalue weighted by molar-refractivity contribution is 7.18. The van der Waals surface area contributed by atoms with Gasteiger partial charge in [-0.25, -0.2) is 4.79 Å². The Balaban J connectivity index is 2.11. The number of carbonyl (C=O) groups is 2. The maximum absolute atomic E-state index is 11.7. The van der Waals surface area contributed by atoms with Crippen molar-refractivity contribution < 1.29 is 14.7 Å². The van der Waals surface area contributed by atoms with E-state index in [1.54, 1.807) is 30.3 Å². The van der Waals surface area contributed by atoms with Crippen LogP contribution < -0.4 is 5.32 Å². The molecule has 17 heavy (non-hydrogen) atoms. The molecule has 0 aliphatic heterocycles. The number of hydrogen-bond acceptors (Lipinski definition) is 3. The van der Waals surface area contributed by atoms with Gasteiger partial charge < -0.3 is 10.4 Å². The van der Waals surface area contributed by atoms with Gasteiger partial charge in [-0.1, -0.05) is 18.2 Å². The Morgan fingerprint density at radius 3 is 2.35 bits per heavy atom. The van der Waals surface area contributed by atoms with Gasteiger partial charge in [-0.3, -0.25) is 4.79 Å². The summed E-state index contributed by atoms with van der Waals surface area (Å²) in [6.45, 7) is 0. The minimum absolute atomic E-state index is 0.202. The van der Waals surface area contributed by atoms with Crippen molar-refractivity contribution in [2.75, 3.05) is 5.32 Å². The molecule has 0 fully saturated rings. The van der Waals surface area contributed by atoms with Gasteiger partial charge in [-0.2, -0.15) is 0 Å².